The van der Waals surface area contributed by atoms with Crippen molar-refractivity contribution in [3.8, 4) is 6.01 Å². The van der Waals surface area contributed by atoms with Crippen LogP contribution in [0.3, 0.4) is 0 Å². The Kier molecular flexibility index (Phi) is 6.07. The molecule has 0 saturated heterocycles. The van der Waals surface area contributed by atoms with Crippen molar-refractivity contribution in [1.82, 2.24) is 15.0 Å². The highest BCUT2D eigenvalue weighted by molar-refractivity contribution is 6.28. The minimum atomic E-state index is -0.0317. The van der Waals surface area contributed by atoms with E-state index in [9.17, 15) is 0 Å². The molecular formula is C11H19ClN4O2. The lowest BCUT2D eigenvalue weighted by molar-refractivity contribution is 0.221. The molecule has 18 heavy (non-hydrogen) atoms. The van der Waals surface area contributed by atoms with E-state index in [0.717, 1.165) is 6.42 Å². The van der Waals surface area contributed by atoms with E-state index in [4.69, 9.17) is 21.4 Å². The second-order valence-electron chi connectivity index (χ2n) is 4.14. The molecule has 1 atom stereocenters. The number of ether oxygens (including phenoxy) is 1. The quantitative estimate of drug-likeness (QED) is 0.790. The van der Waals surface area contributed by atoms with Crippen LogP contribution in [-0.2, 0) is 0 Å². The van der Waals surface area contributed by atoms with Crippen LogP contribution < -0.4 is 10.1 Å². The van der Waals surface area contributed by atoms with Crippen LogP contribution in [0.5, 0.6) is 6.01 Å². The van der Waals surface area contributed by atoms with E-state index >= 15 is 0 Å². The molecule has 7 heteroatoms. The average molecular weight is 275 g/mol. The summed E-state index contributed by atoms with van der Waals surface area (Å²) >= 11 is 5.81. The van der Waals surface area contributed by atoms with Crippen molar-refractivity contribution in [2.45, 2.75) is 45.8 Å². The van der Waals surface area contributed by atoms with E-state index in [-0.39, 0.29) is 30.0 Å². The van der Waals surface area contributed by atoms with Gasteiger partial charge in [0.1, 0.15) is 0 Å². The maximum Gasteiger partial charge on any atom is 0.322 e. The lowest BCUT2D eigenvalue weighted by Gasteiger charge is -2.16. The van der Waals surface area contributed by atoms with Crippen LogP contribution in [0.4, 0.5) is 5.95 Å². The Morgan fingerprint density at radius 2 is 2.06 bits per heavy atom. The van der Waals surface area contributed by atoms with Gasteiger partial charge >= 0.3 is 6.01 Å². The highest BCUT2D eigenvalue weighted by Crippen LogP contribution is 2.14. The second-order valence-corrected chi connectivity index (χ2v) is 4.48. The third-order valence-electron chi connectivity index (χ3n) is 2.23. The van der Waals surface area contributed by atoms with Gasteiger partial charge in [-0.1, -0.05) is 6.92 Å². The predicted octanol–water partition coefficient (Wildman–Crippen LogP) is 1.89. The maximum atomic E-state index is 8.93. The molecule has 0 amide bonds. The normalized spacial score (nSPS) is 12.6. The number of hydrogen-bond donors (Lipinski definition) is 2. The zero-order valence-corrected chi connectivity index (χ0v) is 11.6. The van der Waals surface area contributed by atoms with Gasteiger partial charge in [0.05, 0.1) is 6.10 Å². The summed E-state index contributed by atoms with van der Waals surface area (Å²) in [5, 5.41) is 12.1. The summed E-state index contributed by atoms with van der Waals surface area (Å²) in [5.41, 5.74) is 0. The highest BCUT2D eigenvalue weighted by Gasteiger charge is 2.11. The summed E-state index contributed by atoms with van der Waals surface area (Å²) in [6, 6.07) is 0.298. The van der Waals surface area contributed by atoms with Crippen LogP contribution >= 0.6 is 11.6 Å². The van der Waals surface area contributed by atoms with Gasteiger partial charge in [0, 0.05) is 12.6 Å². The summed E-state index contributed by atoms with van der Waals surface area (Å²) in [6.07, 6.45) is 1.44. The molecule has 1 aromatic heterocycles. The first kappa shape index (κ1) is 14.9. The predicted molar refractivity (Wildman–Crippen MR) is 70.0 cm³/mol. The summed E-state index contributed by atoms with van der Waals surface area (Å²) in [4.78, 5) is 12.0. The van der Waals surface area contributed by atoms with Gasteiger partial charge in [-0.25, -0.2) is 0 Å². The molecule has 102 valence electrons. The third kappa shape index (κ3) is 5.01. The van der Waals surface area contributed by atoms with Crippen LogP contribution in [0.2, 0.25) is 5.28 Å². The standard InChI is InChI=1S/C11H19ClN4O2/c1-4-8(5-6-17)13-10-14-9(12)15-11(16-10)18-7(2)3/h7-8,17H,4-6H2,1-3H3,(H,13,14,15,16). The van der Waals surface area contributed by atoms with E-state index in [1.807, 2.05) is 20.8 Å². The number of hydrogen-bond acceptors (Lipinski definition) is 6. The molecule has 1 unspecified atom stereocenters. The number of halogens is 1. The smallest absolute Gasteiger partial charge is 0.322 e. The van der Waals surface area contributed by atoms with Crippen LogP contribution in [0.25, 0.3) is 0 Å². The number of aliphatic hydroxyl groups is 1. The fourth-order valence-electron chi connectivity index (χ4n) is 1.38. The van der Waals surface area contributed by atoms with E-state index in [2.05, 4.69) is 20.3 Å². The number of anilines is 1. The highest BCUT2D eigenvalue weighted by atomic mass is 35.5. The van der Waals surface area contributed by atoms with Gasteiger partial charge in [-0.05, 0) is 38.3 Å². The van der Waals surface area contributed by atoms with Gasteiger partial charge in [-0.3, -0.25) is 0 Å². The minimum absolute atomic E-state index is 0.0317. The second kappa shape index (κ2) is 7.33. The molecule has 0 aliphatic carbocycles. The number of rotatable bonds is 7. The van der Waals surface area contributed by atoms with Crippen molar-refractivity contribution < 1.29 is 9.84 Å². The largest absolute Gasteiger partial charge is 0.461 e. The van der Waals surface area contributed by atoms with Crippen molar-refractivity contribution in [2.75, 3.05) is 11.9 Å². The molecule has 6 nitrogen and oxygen atoms in total. The van der Waals surface area contributed by atoms with Crippen LogP contribution in [0, 0.1) is 0 Å². The summed E-state index contributed by atoms with van der Waals surface area (Å²) < 4.78 is 5.37. The molecular weight excluding hydrogens is 256 g/mol. The Bertz CT molecular complexity index is 376. The molecule has 1 heterocycles. The van der Waals surface area contributed by atoms with Gasteiger partial charge in [0.2, 0.25) is 11.2 Å². The Balaban J connectivity index is 2.78. The molecule has 0 aliphatic heterocycles. The Hall–Kier alpha value is -1.14. The first-order chi connectivity index (χ1) is 8.55. The molecule has 1 rings (SSSR count). The minimum Gasteiger partial charge on any atom is -0.461 e. The lowest BCUT2D eigenvalue weighted by atomic mass is 10.2. The first-order valence-electron chi connectivity index (χ1n) is 6.00. The van der Waals surface area contributed by atoms with Gasteiger partial charge in [0.25, 0.3) is 0 Å². The Morgan fingerprint density at radius 1 is 1.33 bits per heavy atom. The van der Waals surface area contributed by atoms with Crippen LogP contribution in [0.15, 0.2) is 0 Å². The molecule has 0 spiro atoms. The maximum absolute atomic E-state index is 8.93. The summed E-state index contributed by atoms with van der Waals surface area (Å²) in [5.74, 6) is 0.367. The lowest BCUT2D eigenvalue weighted by Crippen LogP contribution is -2.22. The zero-order valence-electron chi connectivity index (χ0n) is 10.9. The molecule has 0 fully saturated rings. The van der Waals surface area contributed by atoms with Crippen LogP contribution in [-0.4, -0.2) is 38.8 Å². The SMILES string of the molecule is CCC(CCO)Nc1nc(Cl)nc(OC(C)C)n1. The fourth-order valence-corrected chi connectivity index (χ4v) is 1.53. The Labute approximate surface area is 112 Å². The molecule has 0 aromatic carbocycles. The van der Waals surface area contributed by atoms with Gasteiger partial charge < -0.3 is 15.2 Å². The molecule has 0 bridgehead atoms. The Morgan fingerprint density at radius 3 is 2.61 bits per heavy atom. The van der Waals surface area contributed by atoms with E-state index in [0.29, 0.717) is 12.4 Å². The molecule has 0 saturated carbocycles. The summed E-state index contributed by atoms with van der Waals surface area (Å²) in [6.45, 7) is 5.89. The van der Waals surface area contributed by atoms with Crippen LogP contribution in [0.1, 0.15) is 33.6 Å². The first-order valence-corrected chi connectivity index (χ1v) is 6.38. The zero-order chi connectivity index (χ0) is 13.5. The number of nitrogens with one attached hydrogen (secondary N) is 1. The molecule has 0 radical (unpaired) electrons. The fraction of sp³-hybridized carbons (Fsp3) is 0.727. The van der Waals surface area contributed by atoms with E-state index in [1.165, 1.54) is 0 Å². The molecule has 0 aliphatic rings. The van der Waals surface area contributed by atoms with Crippen molar-refractivity contribution in [1.29, 1.82) is 0 Å². The van der Waals surface area contributed by atoms with Crippen molar-refractivity contribution in [3.05, 3.63) is 5.28 Å². The summed E-state index contributed by atoms with van der Waals surface area (Å²) in [7, 11) is 0. The van der Waals surface area contributed by atoms with Crippen molar-refractivity contribution in [3.63, 3.8) is 0 Å². The monoisotopic (exact) mass is 274 g/mol. The third-order valence-corrected chi connectivity index (χ3v) is 2.40. The molecule has 2 N–H and O–H groups in total. The number of aliphatic hydroxyl groups excluding tert-OH is 1. The van der Waals surface area contributed by atoms with E-state index in [1.54, 1.807) is 0 Å². The topological polar surface area (TPSA) is 80.2 Å². The van der Waals surface area contributed by atoms with Crippen molar-refractivity contribution in [2.24, 2.45) is 0 Å². The van der Waals surface area contributed by atoms with Gasteiger partial charge in [0.15, 0.2) is 0 Å². The van der Waals surface area contributed by atoms with Gasteiger partial charge in [-0.15, -0.1) is 0 Å². The number of nitrogens with zero attached hydrogens (tertiary/aromatic N) is 3. The average Bonchev–Trinajstić information content (AvgIpc) is 2.26. The van der Waals surface area contributed by atoms with Crippen molar-refractivity contribution >= 4 is 17.5 Å². The van der Waals surface area contributed by atoms with Gasteiger partial charge in [-0.2, -0.15) is 15.0 Å². The number of aromatic nitrogens is 3. The molecule has 1 aromatic rings. The van der Waals surface area contributed by atoms with E-state index < -0.39 is 0 Å².